The van der Waals surface area contributed by atoms with E-state index < -0.39 is 0 Å². The molecule has 0 atom stereocenters. The number of thioether (sulfide) groups is 1. The Balaban J connectivity index is 2.07. The quantitative estimate of drug-likeness (QED) is 0.906. The van der Waals surface area contributed by atoms with Crippen LogP contribution in [0, 0.1) is 6.92 Å². The molecule has 0 saturated heterocycles. The van der Waals surface area contributed by atoms with Gasteiger partial charge in [-0.15, -0.1) is 0 Å². The normalized spacial score (nSPS) is 10.2. The van der Waals surface area contributed by atoms with Gasteiger partial charge in [0.25, 0.3) is 5.91 Å². The van der Waals surface area contributed by atoms with Crippen LogP contribution in [0.15, 0.2) is 48.5 Å². The molecule has 2 nitrogen and oxygen atoms in total. The molecule has 0 aliphatic heterocycles. The summed E-state index contributed by atoms with van der Waals surface area (Å²) in [6.45, 7) is 2.01. The number of amides is 1. The highest BCUT2D eigenvalue weighted by Crippen LogP contribution is 2.14. The van der Waals surface area contributed by atoms with Gasteiger partial charge in [0, 0.05) is 17.0 Å². The van der Waals surface area contributed by atoms with Crippen molar-refractivity contribution in [1.29, 1.82) is 0 Å². The minimum atomic E-state index is -0.0682. The van der Waals surface area contributed by atoms with E-state index in [1.807, 2.05) is 55.5 Å². The molecule has 0 unspecified atom stereocenters. The first kappa shape index (κ1) is 13.7. The van der Waals surface area contributed by atoms with Crippen molar-refractivity contribution in [1.82, 2.24) is 0 Å². The summed E-state index contributed by atoms with van der Waals surface area (Å²) in [7, 11) is 0. The van der Waals surface area contributed by atoms with Crippen LogP contribution in [0.25, 0.3) is 0 Å². The maximum absolute atomic E-state index is 12.1. The molecule has 0 bridgehead atoms. The summed E-state index contributed by atoms with van der Waals surface area (Å²) in [4.78, 5) is 12.1. The SMILES string of the molecule is CSCc1ccc(C(=O)Nc2cccc(C)c2)cc1. The van der Waals surface area contributed by atoms with Gasteiger partial charge in [-0.05, 0) is 48.6 Å². The fourth-order valence-corrected chi connectivity index (χ4v) is 2.37. The van der Waals surface area contributed by atoms with Gasteiger partial charge in [0.05, 0.1) is 0 Å². The van der Waals surface area contributed by atoms with Crippen LogP contribution in [0.2, 0.25) is 0 Å². The van der Waals surface area contributed by atoms with E-state index in [2.05, 4.69) is 11.6 Å². The topological polar surface area (TPSA) is 29.1 Å². The van der Waals surface area contributed by atoms with E-state index >= 15 is 0 Å². The highest BCUT2D eigenvalue weighted by molar-refractivity contribution is 7.97. The highest BCUT2D eigenvalue weighted by atomic mass is 32.2. The summed E-state index contributed by atoms with van der Waals surface area (Å²) in [6, 6.07) is 15.5. The predicted molar refractivity (Wildman–Crippen MR) is 82.8 cm³/mol. The Labute approximate surface area is 118 Å². The molecule has 0 saturated carbocycles. The van der Waals surface area contributed by atoms with Gasteiger partial charge in [-0.2, -0.15) is 11.8 Å². The maximum atomic E-state index is 12.1. The van der Waals surface area contributed by atoms with E-state index in [1.54, 1.807) is 11.8 Å². The first-order chi connectivity index (χ1) is 9.19. The lowest BCUT2D eigenvalue weighted by molar-refractivity contribution is 0.102. The number of anilines is 1. The second kappa shape index (κ2) is 6.43. The largest absolute Gasteiger partial charge is 0.322 e. The lowest BCUT2D eigenvalue weighted by atomic mass is 10.1. The number of carbonyl (C=O) groups excluding carboxylic acids is 1. The van der Waals surface area contributed by atoms with Gasteiger partial charge < -0.3 is 5.32 Å². The van der Waals surface area contributed by atoms with E-state index in [0.29, 0.717) is 5.56 Å². The van der Waals surface area contributed by atoms with E-state index in [4.69, 9.17) is 0 Å². The van der Waals surface area contributed by atoms with Crippen LogP contribution in [-0.4, -0.2) is 12.2 Å². The van der Waals surface area contributed by atoms with Gasteiger partial charge in [-0.25, -0.2) is 0 Å². The van der Waals surface area contributed by atoms with Crippen LogP contribution < -0.4 is 5.32 Å². The number of rotatable bonds is 4. The van der Waals surface area contributed by atoms with E-state index in [9.17, 15) is 4.79 Å². The average Bonchev–Trinajstić information content (AvgIpc) is 2.40. The van der Waals surface area contributed by atoms with Crippen molar-refractivity contribution in [2.45, 2.75) is 12.7 Å². The zero-order chi connectivity index (χ0) is 13.7. The second-order valence-electron chi connectivity index (χ2n) is 4.45. The minimum absolute atomic E-state index is 0.0682. The molecule has 0 aliphatic carbocycles. The van der Waals surface area contributed by atoms with E-state index in [0.717, 1.165) is 17.0 Å². The lowest BCUT2D eigenvalue weighted by Crippen LogP contribution is -2.11. The molecule has 19 heavy (non-hydrogen) atoms. The Morgan fingerprint density at radius 2 is 1.89 bits per heavy atom. The molecule has 3 heteroatoms. The van der Waals surface area contributed by atoms with Crippen molar-refractivity contribution in [2.75, 3.05) is 11.6 Å². The lowest BCUT2D eigenvalue weighted by Gasteiger charge is -2.06. The van der Waals surface area contributed by atoms with Gasteiger partial charge in [0.2, 0.25) is 0 Å². The number of benzene rings is 2. The molecule has 2 rings (SSSR count). The van der Waals surface area contributed by atoms with Crippen LogP contribution in [0.4, 0.5) is 5.69 Å². The number of nitrogens with one attached hydrogen (secondary N) is 1. The van der Waals surface area contributed by atoms with Crippen LogP contribution in [0.3, 0.4) is 0 Å². The zero-order valence-electron chi connectivity index (χ0n) is 11.1. The minimum Gasteiger partial charge on any atom is -0.322 e. The monoisotopic (exact) mass is 271 g/mol. The highest BCUT2D eigenvalue weighted by Gasteiger charge is 2.05. The Morgan fingerprint density at radius 3 is 2.53 bits per heavy atom. The summed E-state index contributed by atoms with van der Waals surface area (Å²) in [6.07, 6.45) is 2.07. The average molecular weight is 271 g/mol. The van der Waals surface area contributed by atoms with Gasteiger partial charge in [-0.1, -0.05) is 24.3 Å². The van der Waals surface area contributed by atoms with Crippen LogP contribution >= 0.6 is 11.8 Å². The first-order valence-electron chi connectivity index (χ1n) is 6.15. The van der Waals surface area contributed by atoms with Crippen molar-refractivity contribution < 1.29 is 4.79 Å². The number of aryl methyl sites for hydroxylation is 1. The van der Waals surface area contributed by atoms with Gasteiger partial charge in [0.15, 0.2) is 0 Å². The first-order valence-corrected chi connectivity index (χ1v) is 7.54. The van der Waals surface area contributed by atoms with Gasteiger partial charge in [-0.3, -0.25) is 4.79 Å². The predicted octanol–water partition coefficient (Wildman–Crippen LogP) is 4.11. The third-order valence-corrected chi connectivity index (χ3v) is 3.43. The van der Waals surface area contributed by atoms with Gasteiger partial charge in [0.1, 0.15) is 0 Å². The van der Waals surface area contributed by atoms with Crippen LogP contribution in [0.1, 0.15) is 21.5 Å². The summed E-state index contributed by atoms with van der Waals surface area (Å²) in [5.74, 6) is 0.904. The fraction of sp³-hybridized carbons (Fsp3) is 0.188. The molecule has 2 aromatic rings. The summed E-state index contributed by atoms with van der Waals surface area (Å²) in [5.41, 5.74) is 3.89. The van der Waals surface area contributed by atoms with E-state index in [1.165, 1.54) is 5.56 Å². The molecule has 0 radical (unpaired) electrons. The zero-order valence-corrected chi connectivity index (χ0v) is 12.0. The second-order valence-corrected chi connectivity index (χ2v) is 5.32. The van der Waals surface area contributed by atoms with Crippen molar-refractivity contribution in [3.05, 3.63) is 65.2 Å². The molecular formula is C16H17NOS. The Hall–Kier alpha value is -1.74. The summed E-state index contributed by atoms with van der Waals surface area (Å²) >= 11 is 1.77. The van der Waals surface area contributed by atoms with Gasteiger partial charge >= 0.3 is 0 Å². The molecule has 0 fully saturated rings. The van der Waals surface area contributed by atoms with Crippen molar-refractivity contribution in [2.24, 2.45) is 0 Å². The molecule has 0 aromatic heterocycles. The molecule has 0 spiro atoms. The number of hydrogen-bond acceptors (Lipinski definition) is 2. The molecule has 1 N–H and O–H groups in total. The number of hydrogen-bond donors (Lipinski definition) is 1. The maximum Gasteiger partial charge on any atom is 0.255 e. The van der Waals surface area contributed by atoms with Crippen LogP contribution in [0.5, 0.6) is 0 Å². The smallest absolute Gasteiger partial charge is 0.255 e. The Bertz CT molecular complexity index is 563. The third-order valence-electron chi connectivity index (χ3n) is 2.80. The van der Waals surface area contributed by atoms with Crippen molar-refractivity contribution in [3.63, 3.8) is 0 Å². The Morgan fingerprint density at radius 1 is 1.16 bits per heavy atom. The van der Waals surface area contributed by atoms with Crippen molar-refractivity contribution >= 4 is 23.4 Å². The fourth-order valence-electron chi connectivity index (χ4n) is 1.85. The molecule has 2 aromatic carbocycles. The summed E-state index contributed by atoms with van der Waals surface area (Å²) in [5, 5.41) is 2.91. The van der Waals surface area contributed by atoms with Crippen LogP contribution in [-0.2, 0) is 5.75 Å². The van der Waals surface area contributed by atoms with Crippen molar-refractivity contribution in [3.8, 4) is 0 Å². The number of carbonyl (C=O) groups is 1. The Kier molecular flexibility index (Phi) is 4.63. The molecule has 98 valence electrons. The standard InChI is InChI=1S/C16H17NOS/c1-12-4-3-5-15(10-12)17-16(18)14-8-6-13(7-9-14)11-19-2/h3-10H,11H2,1-2H3,(H,17,18). The molecule has 0 aliphatic rings. The summed E-state index contributed by atoms with van der Waals surface area (Å²) < 4.78 is 0. The van der Waals surface area contributed by atoms with E-state index in [-0.39, 0.29) is 5.91 Å². The molecular weight excluding hydrogens is 254 g/mol. The molecule has 1 amide bonds. The third kappa shape index (κ3) is 3.86. The molecule has 0 heterocycles.